The van der Waals surface area contributed by atoms with E-state index in [1.165, 1.54) is 12.1 Å². The molecule has 0 spiro atoms. The number of fused-ring (bicyclic) bond motifs is 1. The summed E-state index contributed by atoms with van der Waals surface area (Å²) in [5.74, 6) is -0.736. The van der Waals surface area contributed by atoms with E-state index in [2.05, 4.69) is 9.24 Å². The van der Waals surface area contributed by atoms with E-state index in [-0.39, 0.29) is 17.7 Å². The van der Waals surface area contributed by atoms with Gasteiger partial charge in [-0.25, -0.2) is 4.79 Å². The molecule has 0 aliphatic carbocycles. The zero-order valence-electron chi connectivity index (χ0n) is 10.3. The molecule has 1 aliphatic rings. The van der Waals surface area contributed by atoms with E-state index in [0.717, 1.165) is 0 Å². The first-order valence-electron chi connectivity index (χ1n) is 5.86. The highest BCUT2D eigenvalue weighted by atomic mass is 35.5. The van der Waals surface area contributed by atoms with Gasteiger partial charge in [-0.3, -0.25) is 4.39 Å². The summed E-state index contributed by atoms with van der Waals surface area (Å²) in [5, 5.41) is 9.97. The molecular formula is C13H12Cl2FO3P. The SMILES string of the molecule is O=C(O)C1=Cc2cc(Cl)cc(Cl)c2OC1C(P)CCF. The van der Waals surface area contributed by atoms with Crippen molar-refractivity contribution in [2.45, 2.75) is 18.2 Å². The van der Waals surface area contributed by atoms with Crippen molar-refractivity contribution < 1.29 is 19.0 Å². The molecule has 0 bridgehead atoms. The van der Waals surface area contributed by atoms with Crippen LogP contribution in [0.1, 0.15) is 12.0 Å². The molecule has 1 heterocycles. The first kappa shape index (κ1) is 15.6. The molecule has 108 valence electrons. The highest BCUT2D eigenvalue weighted by Gasteiger charge is 2.33. The van der Waals surface area contributed by atoms with Gasteiger partial charge in [0.05, 0.1) is 17.3 Å². The van der Waals surface area contributed by atoms with E-state index >= 15 is 0 Å². The molecule has 0 radical (unpaired) electrons. The van der Waals surface area contributed by atoms with Crippen molar-refractivity contribution in [3.05, 3.63) is 33.3 Å². The Bertz CT molecular complexity index is 577. The number of alkyl halides is 1. The summed E-state index contributed by atoms with van der Waals surface area (Å²) in [4.78, 5) is 11.3. The van der Waals surface area contributed by atoms with Crippen LogP contribution in [-0.4, -0.2) is 29.5 Å². The highest BCUT2D eigenvalue weighted by molar-refractivity contribution is 7.17. The van der Waals surface area contributed by atoms with Crippen LogP contribution in [0.3, 0.4) is 0 Å². The Hall–Kier alpha value is -0.830. The van der Waals surface area contributed by atoms with Gasteiger partial charge in [-0.05, 0) is 24.6 Å². The van der Waals surface area contributed by atoms with Gasteiger partial charge in [-0.1, -0.05) is 23.2 Å². The molecule has 0 saturated heterocycles. The van der Waals surface area contributed by atoms with Gasteiger partial charge in [-0.15, -0.1) is 9.24 Å². The van der Waals surface area contributed by atoms with Crippen LogP contribution in [0.5, 0.6) is 5.75 Å². The third kappa shape index (κ3) is 3.08. The Morgan fingerprint density at radius 2 is 2.20 bits per heavy atom. The van der Waals surface area contributed by atoms with Crippen LogP contribution >= 0.6 is 32.4 Å². The molecule has 3 atom stereocenters. The van der Waals surface area contributed by atoms with Gasteiger partial charge < -0.3 is 9.84 Å². The number of hydrogen-bond acceptors (Lipinski definition) is 2. The molecule has 1 aliphatic heterocycles. The first-order chi connectivity index (χ1) is 9.43. The minimum absolute atomic E-state index is 0.0595. The molecule has 3 nitrogen and oxygen atoms in total. The molecular weight excluding hydrogens is 325 g/mol. The molecule has 1 N–H and O–H groups in total. The highest BCUT2D eigenvalue weighted by Crippen LogP contribution is 2.40. The van der Waals surface area contributed by atoms with Crippen molar-refractivity contribution in [2.75, 3.05) is 6.67 Å². The standard InChI is InChI=1S/C13H12Cl2FO3P/c14-7-3-6-4-8(13(17)18)12(10(20)1-2-16)19-11(6)9(15)5-7/h3-5,10,12H,1-2,20H2,(H,17,18). The monoisotopic (exact) mass is 336 g/mol. The van der Waals surface area contributed by atoms with Crippen LogP contribution in [0.25, 0.3) is 6.08 Å². The maximum atomic E-state index is 12.5. The van der Waals surface area contributed by atoms with E-state index in [4.69, 9.17) is 27.9 Å². The number of halogens is 3. The van der Waals surface area contributed by atoms with Gasteiger partial charge in [0, 0.05) is 16.2 Å². The fourth-order valence-electron chi connectivity index (χ4n) is 2.03. The Morgan fingerprint density at radius 3 is 2.80 bits per heavy atom. The molecule has 3 unspecified atom stereocenters. The Morgan fingerprint density at radius 1 is 1.50 bits per heavy atom. The van der Waals surface area contributed by atoms with Gasteiger partial charge >= 0.3 is 5.97 Å². The minimum atomic E-state index is -1.11. The summed E-state index contributed by atoms with van der Waals surface area (Å²) in [7, 11) is 2.42. The van der Waals surface area contributed by atoms with Crippen molar-refractivity contribution in [1.29, 1.82) is 0 Å². The van der Waals surface area contributed by atoms with E-state index in [0.29, 0.717) is 21.4 Å². The van der Waals surface area contributed by atoms with Crippen LogP contribution in [0.4, 0.5) is 4.39 Å². The number of hydrogen-bond donors (Lipinski definition) is 1. The minimum Gasteiger partial charge on any atom is -0.483 e. The van der Waals surface area contributed by atoms with E-state index in [1.807, 2.05) is 0 Å². The van der Waals surface area contributed by atoms with Crippen LogP contribution < -0.4 is 4.74 Å². The van der Waals surface area contributed by atoms with Gasteiger partial charge in [0.1, 0.15) is 11.9 Å². The lowest BCUT2D eigenvalue weighted by Gasteiger charge is -2.30. The van der Waals surface area contributed by atoms with E-state index < -0.39 is 18.7 Å². The van der Waals surface area contributed by atoms with Crippen LogP contribution in [-0.2, 0) is 4.79 Å². The molecule has 0 aromatic heterocycles. The molecule has 0 saturated carbocycles. The second-order valence-corrected chi connectivity index (χ2v) is 6.09. The summed E-state index contributed by atoms with van der Waals surface area (Å²) in [6.45, 7) is -0.553. The Labute approximate surface area is 127 Å². The molecule has 0 fully saturated rings. The molecule has 20 heavy (non-hydrogen) atoms. The fraction of sp³-hybridized carbons (Fsp3) is 0.308. The lowest BCUT2D eigenvalue weighted by Crippen LogP contribution is -2.35. The molecule has 7 heteroatoms. The normalized spacial score (nSPS) is 18.8. The summed E-state index contributed by atoms with van der Waals surface area (Å²) in [5.41, 5.74) is 0.208. The lowest BCUT2D eigenvalue weighted by atomic mass is 9.98. The smallest absolute Gasteiger partial charge is 0.335 e. The van der Waals surface area contributed by atoms with Gasteiger partial charge in [-0.2, -0.15) is 0 Å². The first-order valence-corrected chi connectivity index (χ1v) is 7.28. The summed E-state index contributed by atoms with van der Waals surface area (Å²) in [6, 6.07) is 3.10. The van der Waals surface area contributed by atoms with Gasteiger partial charge in [0.15, 0.2) is 0 Å². The molecule has 2 rings (SSSR count). The average Bonchev–Trinajstić information content (AvgIpc) is 2.37. The van der Waals surface area contributed by atoms with Gasteiger partial charge in [0.2, 0.25) is 0 Å². The van der Waals surface area contributed by atoms with Crippen molar-refractivity contribution in [3.8, 4) is 5.75 Å². The number of rotatable bonds is 4. The zero-order valence-corrected chi connectivity index (χ0v) is 12.9. The molecule has 1 aromatic rings. The predicted molar refractivity (Wildman–Crippen MR) is 80.6 cm³/mol. The molecule has 0 amide bonds. The number of carboxylic acid groups (broad SMARTS) is 1. The number of carboxylic acids is 1. The Balaban J connectivity index is 2.47. The maximum absolute atomic E-state index is 12.5. The third-order valence-electron chi connectivity index (χ3n) is 2.98. The lowest BCUT2D eigenvalue weighted by molar-refractivity contribution is -0.133. The fourth-order valence-corrected chi connectivity index (χ4v) is 3.00. The second-order valence-electron chi connectivity index (χ2n) is 4.39. The number of aliphatic carboxylic acids is 1. The quantitative estimate of drug-likeness (QED) is 0.850. The van der Waals surface area contributed by atoms with E-state index in [1.54, 1.807) is 6.07 Å². The van der Waals surface area contributed by atoms with Gasteiger partial charge in [0.25, 0.3) is 0 Å². The van der Waals surface area contributed by atoms with Crippen molar-refractivity contribution in [2.24, 2.45) is 0 Å². The summed E-state index contributed by atoms with van der Waals surface area (Å²) >= 11 is 11.9. The van der Waals surface area contributed by atoms with Crippen molar-refractivity contribution in [3.63, 3.8) is 0 Å². The maximum Gasteiger partial charge on any atom is 0.335 e. The van der Waals surface area contributed by atoms with Crippen molar-refractivity contribution >= 4 is 44.5 Å². The topological polar surface area (TPSA) is 46.5 Å². The molecule has 1 aromatic carbocycles. The second kappa shape index (κ2) is 6.30. The number of benzene rings is 1. The number of carbonyl (C=O) groups is 1. The predicted octanol–water partition coefficient (Wildman–Crippen LogP) is 3.83. The largest absolute Gasteiger partial charge is 0.483 e. The summed E-state index contributed by atoms with van der Waals surface area (Å²) in [6.07, 6.45) is 0.888. The average molecular weight is 337 g/mol. The van der Waals surface area contributed by atoms with Crippen LogP contribution in [0, 0.1) is 0 Å². The van der Waals surface area contributed by atoms with Crippen LogP contribution in [0.15, 0.2) is 17.7 Å². The van der Waals surface area contributed by atoms with Crippen LogP contribution in [0.2, 0.25) is 10.0 Å². The van der Waals surface area contributed by atoms with Crippen molar-refractivity contribution in [1.82, 2.24) is 0 Å². The zero-order chi connectivity index (χ0) is 14.9. The number of ether oxygens (including phenoxy) is 1. The summed E-state index contributed by atoms with van der Waals surface area (Å²) < 4.78 is 18.2. The third-order valence-corrected chi connectivity index (χ3v) is 4.16. The Kier molecular flexibility index (Phi) is 4.90. The van der Waals surface area contributed by atoms with E-state index in [9.17, 15) is 14.3 Å².